The van der Waals surface area contributed by atoms with Crippen LogP contribution in [0.15, 0.2) is 36.7 Å². The molecule has 0 amide bonds. The minimum Gasteiger partial charge on any atom is -0.495 e. The van der Waals surface area contributed by atoms with Crippen molar-refractivity contribution in [1.29, 1.82) is 0 Å². The molecule has 4 nitrogen and oxygen atoms in total. The summed E-state index contributed by atoms with van der Waals surface area (Å²) in [7, 11) is 1.65. The van der Waals surface area contributed by atoms with E-state index in [9.17, 15) is 0 Å². The lowest BCUT2D eigenvalue weighted by Gasteiger charge is -2.10. The van der Waals surface area contributed by atoms with E-state index in [1.54, 1.807) is 19.5 Å². The Morgan fingerprint density at radius 1 is 1.11 bits per heavy atom. The number of nitrogens with zero attached hydrogens (tertiary/aromatic N) is 2. The first-order chi connectivity index (χ1) is 8.70. The van der Waals surface area contributed by atoms with Crippen molar-refractivity contribution in [2.45, 2.75) is 19.8 Å². The standard InChI is InChI=1S/C14H17N3O/c1-10(2)12-8-16-14(9-15-12)17-11-6-4-5-7-13(11)18-3/h4-10H,1-3H3,(H,16,17). The van der Waals surface area contributed by atoms with Crippen molar-refractivity contribution in [3.63, 3.8) is 0 Å². The maximum atomic E-state index is 5.27. The summed E-state index contributed by atoms with van der Waals surface area (Å²) >= 11 is 0. The van der Waals surface area contributed by atoms with Crippen molar-refractivity contribution in [2.75, 3.05) is 12.4 Å². The lowest BCUT2D eigenvalue weighted by Crippen LogP contribution is -1.99. The van der Waals surface area contributed by atoms with Crippen LogP contribution >= 0.6 is 0 Å². The van der Waals surface area contributed by atoms with Crippen LogP contribution in [0.1, 0.15) is 25.5 Å². The van der Waals surface area contributed by atoms with E-state index in [4.69, 9.17) is 4.74 Å². The summed E-state index contributed by atoms with van der Waals surface area (Å²) in [5.74, 6) is 1.88. The Kier molecular flexibility index (Phi) is 3.77. The second-order valence-corrected chi connectivity index (χ2v) is 4.31. The number of nitrogens with one attached hydrogen (secondary N) is 1. The van der Waals surface area contributed by atoms with Gasteiger partial charge in [0.2, 0.25) is 0 Å². The highest BCUT2D eigenvalue weighted by atomic mass is 16.5. The third-order valence-electron chi connectivity index (χ3n) is 2.63. The van der Waals surface area contributed by atoms with Gasteiger partial charge in [0.1, 0.15) is 11.6 Å². The molecule has 2 aromatic rings. The number of hydrogen-bond acceptors (Lipinski definition) is 4. The molecule has 0 aliphatic heterocycles. The predicted octanol–water partition coefficient (Wildman–Crippen LogP) is 3.35. The van der Waals surface area contributed by atoms with Crippen molar-refractivity contribution in [2.24, 2.45) is 0 Å². The van der Waals surface area contributed by atoms with Crippen molar-refractivity contribution in [1.82, 2.24) is 9.97 Å². The molecule has 0 radical (unpaired) electrons. The second kappa shape index (κ2) is 5.49. The number of aromatic nitrogens is 2. The van der Waals surface area contributed by atoms with E-state index in [1.165, 1.54) is 0 Å². The molecule has 1 aromatic carbocycles. The molecule has 18 heavy (non-hydrogen) atoms. The normalized spacial score (nSPS) is 10.4. The van der Waals surface area contributed by atoms with E-state index in [0.29, 0.717) is 11.7 Å². The molecule has 0 aliphatic carbocycles. The van der Waals surface area contributed by atoms with Crippen LogP contribution in [0.2, 0.25) is 0 Å². The molecule has 0 fully saturated rings. The summed E-state index contributed by atoms with van der Waals surface area (Å²) in [4.78, 5) is 8.71. The third kappa shape index (κ3) is 2.77. The lowest BCUT2D eigenvalue weighted by molar-refractivity contribution is 0.417. The molecule has 0 unspecified atom stereocenters. The Labute approximate surface area is 107 Å². The highest BCUT2D eigenvalue weighted by molar-refractivity contribution is 5.63. The molecule has 2 rings (SSSR count). The molecule has 1 heterocycles. The van der Waals surface area contributed by atoms with Gasteiger partial charge in [-0.3, -0.25) is 4.98 Å². The molecule has 0 atom stereocenters. The van der Waals surface area contributed by atoms with E-state index in [2.05, 4.69) is 29.1 Å². The van der Waals surface area contributed by atoms with Crippen LogP contribution in [0.3, 0.4) is 0 Å². The summed E-state index contributed by atoms with van der Waals surface area (Å²) in [5.41, 5.74) is 1.87. The molecule has 0 saturated heterocycles. The smallest absolute Gasteiger partial charge is 0.148 e. The van der Waals surface area contributed by atoms with Gasteiger partial charge in [-0.1, -0.05) is 26.0 Å². The average Bonchev–Trinajstić information content (AvgIpc) is 2.40. The van der Waals surface area contributed by atoms with Crippen molar-refractivity contribution in [3.05, 3.63) is 42.4 Å². The SMILES string of the molecule is COc1ccccc1Nc1cnc(C(C)C)cn1. The van der Waals surface area contributed by atoms with Crippen LogP contribution in [0, 0.1) is 0 Å². The third-order valence-corrected chi connectivity index (χ3v) is 2.63. The minimum absolute atomic E-state index is 0.387. The summed E-state index contributed by atoms with van der Waals surface area (Å²) in [6.45, 7) is 4.19. The maximum Gasteiger partial charge on any atom is 0.148 e. The first-order valence-electron chi connectivity index (χ1n) is 5.92. The average molecular weight is 243 g/mol. The van der Waals surface area contributed by atoms with Gasteiger partial charge in [0.15, 0.2) is 0 Å². The molecule has 0 saturated carbocycles. The summed E-state index contributed by atoms with van der Waals surface area (Å²) in [6.07, 6.45) is 3.53. The second-order valence-electron chi connectivity index (χ2n) is 4.31. The molecule has 0 aliphatic rings. The Morgan fingerprint density at radius 3 is 2.50 bits per heavy atom. The zero-order valence-electron chi connectivity index (χ0n) is 10.8. The van der Waals surface area contributed by atoms with Gasteiger partial charge in [0.25, 0.3) is 0 Å². The van der Waals surface area contributed by atoms with Gasteiger partial charge < -0.3 is 10.1 Å². The lowest BCUT2D eigenvalue weighted by atomic mass is 10.1. The Morgan fingerprint density at radius 2 is 1.89 bits per heavy atom. The molecule has 1 aromatic heterocycles. The molecule has 0 spiro atoms. The molecular weight excluding hydrogens is 226 g/mol. The van der Waals surface area contributed by atoms with E-state index in [1.807, 2.05) is 24.3 Å². The fourth-order valence-electron chi connectivity index (χ4n) is 1.59. The first kappa shape index (κ1) is 12.4. The van der Waals surface area contributed by atoms with Gasteiger partial charge in [-0.25, -0.2) is 4.98 Å². The van der Waals surface area contributed by atoms with Crippen molar-refractivity contribution in [3.8, 4) is 5.75 Å². The number of hydrogen-bond donors (Lipinski definition) is 1. The van der Waals surface area contributed by atoms with E-state index in [-0.39, 0.29) is 0 Å². The number of rotatable bonds is 4. The zero-order chi connectivity index (χ0) is 13.0. The molecule has 1 N–H and O–H groups in total. The van der Waals surface area contributed by atoms with Crippen molar-refractivity contribution < 1.29 is 4.74 Å². The molecule has 0 bridgehead atoms. The Balaban J connectivity index is 2.18. The van der Waals surface area contributed by atoms with Crippen LogP contribution in [0.5, 0.6) is 5.75 Å². The van der Waals surface area contributed by atoms with Crippen LogP contribution in [0.4, 0.5) is 11.5 Å². The summed E-state index contributed by atoms with van der Waals surface area (Å²) in [6, 6.07) is 7.72. The number of methoxy groups -OCH3 is 1. The van der Waals surface area contributed by atoms with Crippen LogP contribution in [0.25, 0.3) is 0 Å². The van der Waals surface area contributed by atoms with Crippen LogP contribution in [-0.2, 0) is 0 Å². The monoisotopic (exact) mass is 243 g/mol. The summed E-state index contributed by atoms with van der Waals surface area (Å²) in [5, 5.41) is 3.19. The molecule has 4 heteroatoms. The number of ether oxygens (including phenoxy) is 1. The van der Waals surface area contributed by atoms with Gasteiger partial charge >= 0.3 is 0 Å². The fraction of sp³-hybridized carbons (Fsp3) is 0.286. The molecule has 94 valence electrons. The zero-order valence-corrected chi connectivity index (χ0v) is 10.8. The predicted molar refractivity (Wildman–Crippen MR) is 72.4 cm³/mol. The van der Waals surface area contributed by atoms with Gasteiger partial charge in [0, 0.05) is 0 Å². The first-order valence-corrected chi connectivity index (χ1v) is 5.92. The summed E-state index contributed by atoms with van der Waals surface area (Å²) < 4.78 is 5.27. The van der Waals surface area contributed by atoms with E-state index < -0.39 is 0 Å². The number of benzene rings is 1. The van der Waals surface area contributed by atoms with Gasteiger partial charge in [-0.2, -0.15) is 0 Å². The molecular formula is C14H17N3O. The van der Waals surface area contributed by atoms with Crippen LogP contribution < -0.4 is 10.1 Å². The highest BCUT2D eigenvalue weighted by Crippen LogP contribution is 2.25. The minimum atomic E-state index is 0.387. The van der Waals surface area contributed by atoms with Crippen molar-refractivity contribution >= 4 is 11.5 Å². The quantitative estimate of drug-likeness (QED) is 0.894. The van der Waals surface area contributed by atoms with Gasteiger partial charge in [-0.05, 0) is 18.1 Å². The Bertz CT molecular complexity index is 509. The topological polar surface area (TPSA) is 47.0 Å². The number of anilines is 2. The van der Waals surface area contributed by atoms with E-state index in [0.717, 1.165) is 17.1 Å². The Hall–Kier alpha value is -2.10. The fourth-order valence-corrected chi connectivity index (χ4v) is 1.59. The largest absolute Gasteiger partial charge is 0.495 e. The van der Waals surface area contributed by atoms with Crippen LogP contribution in [-0.4, -0.2) is 17.1 Å². The number of para-hydroxylation sites is 2. The van der Waals surface area contributed by atoms with Gasteiger partial charge in [0.05, 0.1) is 30.9 Å². The van der Waals surface area contributed by atoms with E-state index >= 15 is 0 Å². The van der Waals surface area contributed by atoms with Gasteiger partial charge in [-0.15, -0.1) is 0 Å². The highest BCUT2D eigenvalue weighted by Gasteiger charge is 2.04. The maximum absolute atomic E-state index is 5.27.